The highest BCUT2D eigenvalue weighted by Crippen LogP contribution is 2.36. The van der Waals surface area contributed by atoms with Crippen molar-refractivity contribution in [2.24, 2.45) is 5.41 Å². The molecule has 0 spiro atoms. The summed E-state index contributed by atoms with van der Waals surface area (Å²) in [7, 11) is 0. The quantitative estimate of drug-likeness (QED) is 0.819. The van der Waals surface area contributed by atoms with Gasteiger partial charge in [-0.3, -0.25) is 9.63 Å². The Morgan fingerprint density at radius 2 is 2.12 bits per heavy atom. The van der Waals surface area contributed by atoms with E-state index in [9.17, 15) is 4.79 Å². The number of carbonyl (C=O) groups is 1. The molecular weight excluding hydrogens is 326 g/mol. The molecule has 0 saturated carbocycles. The third-order valence-corrected chi connectivity index (χ3v) is 4.74. The fraction of sp³-hybridized carbons (Fsp3) is 0.286. The Morgan fingerprint density at radius 3 is 2.92 bits per heavy atom. The van der Waals surface area contributed by atoms with E-state index in [1.54, 1.807) is 11.1 Å². The smallest absolute Gasteiger partial charge is 0.165 e. The fourth-order valence-electron chi connectivity index (χ4n) is 3.48. The maximum atomic E-state index is 12.3. The Hall–Kier alpha value is -2.97. The van der Waals surface area contributed by atoms with E-state index in [0.717, 1.165) is 23.2 Å². The number of benzene rings is 1. The minimum Gasteiger partial charge on any atom is -0.294 e. The molecule has 5 nitrogen and oxygen atoms in total. The molecule has 26 heavy (non-hydrogen) atoms. The van der Waals surface area contributed by atoms with Crippen molar-refractivity contribution in [1.29, 1.82) is 5.26 Å². The van der Waals surface area contributed by atoms with Crippen molar-refractivity contribution >= 4 is 11.6 Å². The van der Waals surface area contributed by atoms with Gasteiger partial charge >= 0.3 is 0 Å². The second-order valence-electron chi connectivity index (χ2n) is 7.54. The Kier molecular flexibility index (Phi) is 3.86. The van der Waals surface area contributed by atoms with Gasteiger partial charge in [-0.05, 0) is 47.7 Å². The lowest BCUT2D eigenvalue weighted by Crippen LogP contribution is -2.28. The van der Waals surface area contributed by atoms with Crippen molar-refractivity contribution in [3.05, 3.63) is 71.1 Å². The lowest BCUT2D eigenvalue weighted by Gasteiger charge is -2.30. The van der Waals surface area contributed by atoms with Crippen LogP contribution in [0.3, 0.4) is 0 Å². The zero-order valence-electron chi connectivity index (χ0n) is 14.8. The molecule has 1 atom stereocenters. The Balaban J connectivity index is 1.58. The standard InChI is InChI=1S/C21H19N3O2/c1-21(2)11-17-16(18(25)12-21)6-7-20(23-17)24-9-8-19(26-24)15-5-3-4-14(10-15)13-22/h3-10,19H,11-12H2,1-2H3. The van der Waals surface area contributed by atoms with Gasteiger partial charge in [-0.15, -0.1) is 0 Å². The van der Waals surface area contributed by atoms with E-state index in [4.69, 9.17) is 10.1 Å². The molecule has 0 bridgehead atoms. The minimum absolute atomic E-state index is 0.0717. The summed E-state index contributed by atoms with van der Waals surface area (Å²) in [6.45, 7) is 4.18. The Labute approximate surface area is 152 Å². The molecule has 0 N–H and O–H groups in total. The van der Waals surface area contributed by atoms with Crippen molar-refractivity contribution in [1.82, 2.24) is 4.98 Å². The number of pyridine rings is 1. The molecule has 0 fully saturated rings. The van der Waals surface area contributed by atoms with Crippen LogP contribution in [0.4, 0.5) is 5.82 Å². The van der Waals surface area contributed by atoms with Gasteiger partial charge in [-0.2, -0.15) is 5.26 Å². The Morgan fingerprint density at radius 1 is 1.27 bits per heavy atom. The van der Waals surface area contributed by atoms with Crippen molar-refractivity contribution in [3.63, 3.8) is 0 Å². The zero-order chi connectivity index (χ0) is 18.3. The van der Waals surface area contributed by atoms with Crippen LogP contribution in [0.2, 0.25) is 0 Å². The highest BCUT2D eigenvalue weighted by Gasteiger charge is 2.32. The number of ketones is 1. The maximum Gasteiger partial charge on any atom is 0.165 e. The van der Waals surface area contributed by atoms with Gasteiger partial charge in [0, 0.05) is 18.2 Å². The molecule has 0 saturated heterocycles. The molecule has 0 radical (unpaired) electrons. The average Bonchev–Trinajstić information content (AvgIpc) is 3.10. The van der Waals surface area contributed by atoms with Crippen LogP contribution in [-0.4, -0.2) is 10.8 Å². The SMILES string of the molecule is CC1(C)CC(=O)c2ccc(N3C=CC(c4cccc(C#N)c4)O3)nc2C1. The van der Waals surface area contributed by atoms with Crippen LogP contribution < -0.4 is 5.06 Å². The summed E-state index contributed by atoms with van der Waals surface area (Å²) in [5.41, 5.74) is 2.99. The largest absolute Gasteiger partial charge is 0.294 e. The number of hydrogen-bond donors (Lipinski definition) is 0. The van der Waals surface area contributed by atoms with Crippen molar-refractivity contribution in [2.75, 3.05) is 5.06 Å². The number of nitriles is 1. The molecule has 2 aromatic rings. The lowest BCUT2D eigenvalue weighted by atomic mass is 9.76. The van der Waals surface area contributed by atoms with Crippen LogP contribution in [0.1, 0.15) is 53.6 Å². The molecule has 1 aliphatic heterocycles. The number of aromatic nitrogens is 1. The molecule has 4 rings (SSSR count). The van der Waals surface area contributed by atoms with E-state index in [1.807, 2.05) is 42.6 Å². The average molecular weight is 345 g/mol. The molecule has 2 heterocycles. The van der Waals surface area contributed by atoms with Gasteiger partial charge in [-0.25, -0.2) is 10.0 Å². The molecule has 5 heteroatoms. The highest BCUT2D eigenvalue weighted by atomic mass is 16.7. The summed E-state index contributed by atoms with van der Waals surface area (Å²) in [6.07, 6.45) is 4.81. The molecule has 1 aromatic carbocycles. The number of fused-ring (bicyclic) bond motifs is 1. The fourth-order valence-corrected chi connectivity index (χ4v) is 3.48. The van der Waals surface area contributed by atoms with Crippen LogP contribution in [-0.2, 0) is 11.3 Å². The number of hydroxylamine groups is 1. The third-order valence-electron chi connectivity index (χ3n) is 4.74. The lowest BCUT2D eigenvalue weighted by molar-refractivity contribution is 0.0906. The monoisotopic (exact) mass is 345 g/mol. The topological polar surface area (TPSA) is 66.2 Å². The maximum absolute atomic E-state index is 12.3. The Bertz CT molecular complexity index is 956. The van der Waals surface area contributed by atoms with E-state index < -0.39 is 0 Å². The van der Waals surface area contributed by atoms with E-state index in [-0.39, 0.29) is 17.3 Å². The first kappa shape index (κ1) is 16.5. The molecule has 1 aliphatic carbocycles. The molecular formula is C21H19N3O2. The van der Waals surface area contributed by atoms with Gasteiger partial charge in [0.15, 0.2) is 11.6 Å². The van der Waals surface area contributed by atoms with Crippen LogP contribution in [0.25, 0.3) is 0 Å². The second kappa shape index (κ2) is 6.08. The third kappa shape index (κ3) is 3.00. The summed E-state index contributed by atoms with van der Waals surface area (Å²) in [5, 5.41) is 10.7. The minimum atomic E-state index is -0.265. The van der Waals surface area contributed by atoms with Gasteiger partial charge in [0.05, 0.1) is 17.3 Å². The van der Waals surface area contributed by atoms with Crippen molar-refractivity contribution in [2.45, 2.75) is 32.8 Å². The zero-order valence-corrected chi connectivity index (χ0v) is 14.8. The normalized spacial score (nSPS) is 20.7. The van der Waals surface area contributed by atoms with Crippen LogP contribution >= 0.6 is 0 Å². The van der Waals surface area contributed by atoms with Gasteiger partial charge in [0.25, 0.3) is 0 Å². The van der Waals surface area contributed by atoms with Crippen LogP contribution in [0, 0.1) is 16.7 Å². The number of carbonyl (C=O) groups excluding carboxylic acids is 1. The van der Waals surface area contributed by atoms with Gasteiger partial charge in [0.1, 0.15) is 6.10 Å². The number of Topliss-reactive ketones (excluding diaryl/α,β-unsaturated/α-hetero) is 1. The van der Waals surface area contributed by atoms with E-state index >= 15 is 0 Å². The molecule has 1 unspecified atom stereocenters. The molecule has 0 amide bonds. The predicted octanol–water partition coefficient (Wildman–Crippen LogP) is 4.11. The summed E-state index contributed by atoms with van der Waals surface area (Å²) in [5.74, 6) is 0.809. The van der Waals surface area contributed by atoms with E-state index in [2.05, 4.69) is 24.9 Å². The van der Waals surface area contributed by atoms with Crippen LogP contribution in [0.15, 0.2) is 48.7 Å². The second-order valence-corrected chi connectivity index (χ2v) is 7.54. The molecule has 1 aromatic heterocycles. The summed E-state index contributed by atoms with van der Waals surface area (Å²) in [6, 6.07) is 13.2. The van der Waals surface area contributed by atoms with Gasteiger partial charge in [0.2, 0.25) is 0 Å². The highest BCUT2D eigenvalue weighted by molar-refractivity contribution is 5.98. The number of nitrogens with zero attached hydrogens (tertiary/aromatic N) is 3. The molecule has 130 valence electrons. The van der Waals surface area contributed by atoms with E-state index in [1.165, 1.54) is 0 Å². The first-order valence-corrected chi connectivity index (χ1v) is 8.63. The number of anilines is 1. The number of rotatable bonds is 2. The van der Waals surface area contributed by atoms with Gasteiger partial charge in [-0.1, -0.05) is 26.0 Å². The molecule has 2 aliphatic rings. The summed E-state index contributed by atoms with van der Waals surface area (Å²) >= 11 is 0. The first-order chi connectivity index (χ1) is 12.4. The van der Waals surface area contributed by atoms with Crippen molar-refractivity contribution in [3.8, 4) is 6.07 Å². The van der Waals surface area contributed by atoms with Gasteiger partial charge < -0.3 is 0 Å². The summed E-state index contributed by atoms with van der Waals surface area (Å²) < 4.78 is 0. The summed E-state index contributed by atoms with van der Waals surface area (Å²) in [4.78, 5) is 23.0. The van der Waals surface area contributed by atoms with E-state index in [0.29, 0.717) is 17.8 Å². The number of hydrogen-bond acceptors (Lipinski definition) is 5. The predicted molar refractivity (Wildman–Crippen MR) is 97.3 cm³/mol. The van der Waals surface area contributed by atoms with Crippen LogP contribution in [0.5, 0.6) is 0 Å². The first-order valence-electron chi connectivity index (χ1n) is 8.63. The van der Waals surface area contributed by atoms with Crippen molar-refractivity contribution < 1.29 is 9.63 Å².